The van der Waals surface area contributed by atoms with E-state index in [-0.39, 0.29) is 0 Å². The van der Waals surface area contributed by atoms with Gasteiger partial charge in [-0.3, -0.25) is 4.98 Å². The van der Waals surface area contributed by atoms with Gasteiger partial charge in [0.2, 0.25) is 5.88 Å². The maximum absolute atomic E-state index is 7.16. The summed E-state index contributed by atoms with van der Waals surface area (Å²) in [6.07, 6.45) is 6.37. The smallest absolute Gasteiger partial charge is 0.218 e. The Morgan fingerprint density at radius 2 is 1.29 bits per heavy atom. The molecule has 0 spiro atoms. The van der Waals surface area contributed by atoms with Crippen molar-refractivity contribution in [1.82, 2.24) is 30.4 Å². The molecule has 0 radical (unpaired) electrons. The Morgan fingerprint density at radius 1 is 0.712 bits per heavy atom. The van der Waals surface area contributed by atoms with Crippen molar-refractivity contribution in [2.24, 2.45) is 0 Å². The van der Waals surface area contributed by atoms with Crippen LogP contribution in [0, 0.1) is 0 Å². The molecule has 52 heavy (non-hydrogen) atoms. The molecule has 2 fully saturated rings. The molecular weight excluding hydrogens is 691 g/mol. The summed E-state index contributed by atoms with van der Waals surface area (Å²) in [4.78, 5) is 14.7. The molecule has 278 valence electrons. The van der Waals surface area contributed by atoms with Crippen molar-refractivity contribution in [2.75, 3.05) is 40.4 Å². The first-order valence-electron chi connectivity index (χ1n) is 18.8. The van der Waals surface area contributed by atoms with Gasteiger partial charge in [-0.1, -0.05) is 59.6 Å². The van der Waals surface area contributed by atoms with Gasteiger partial charge in [-0.15, -0.1) is 0 Å². The number of methoxy groups -OCH3 is 2. The number of nitrogens with one attached hydrogen (secondary N) is 2. The van der Waals surface area contributed by atoms with Crippen molar-refractivity contribution in [3.05, 3.63) is 82.0 Å². The van der Waals surface area contributed by atoms with Crippen LogP contribution < -0.4 is 20.1 Å². The van der Waals surface area contributed by atoms with Crippen molar-refractivity contribution < 1.29 is 9.47 Å². The molecule has 2 saturated heterocycles. The highest BCUT2D eigenvalue weighted by Crippen LogP contribution is 2.42. The lowest BCUT2D eigenvalue weighted by Gasteiger charge is -2.35. The molecule has 0 aliphatic carbocycles. The maximum Gasteiger partial charge on any atom is 0.218 e. The minimum atomic E-state index is 0.486. The highest BCUT2D eigenvalue weighted by Gasteiger charge is 2.23. The number of ether oxygens (including phenoxy) is 2. The van der Waals surface area contributed by atoms with Crippen molar-refractivity contribution in [2.45, 2.75) is 90.6 Å². The van der Waals surface area contributed by atoms with Crippen LogP contribution in [-0.2, 0) is 13.1 Å². The molecule has 4 heterocycles. The van der Waals surface area contributed by atoms with E-state index in [1.807, 2.05) is 36.4 Å². The Kier molecular flexibility index (Phi) is 13.1. The van der Waals surface area contributed by atoms with E-state index in [0.717, 1.165) is 103 Å². The SMILES string of the molecule is COc1cc(-c2nccc(-c3cccc(-c4ccc(CNC5CCN(C(C)C)CC5)c(OC)n4)c3Cl)c2Cl)ccc1CNC1CCN(C(C)C)CC1. The topological polar surface area (TPSA) is 74.8 Å². The summed E-state index contributed by atoms with van der Waals surface area (Å²) in [7, 11) is 3.38. The standard InChI is InChI=1S/C42H54Cl2N6O2/c1-27(2)49-20-15-32(16-21-49)46-25-30-11-10-29(24-38(30)51-5)41-40(44)35(14-19-45-41)34-8-7-9-36(39(34)43)37-13-12-31(42(48-37)52-6)26-47-33-17-22-50(23-18-33)28(3)4/h7-14,19,24,27-28,32-33,46-47H,15-18,20-23,25-26H2,1-6H3. The zero-order valence-electron chi connectivity index (χ0n) is 31.5. The van der Waals surface area contributed by atoms with E-state index in [9.17, 15) is 0 Å². The molecule has 2 N–H and O–H groups in total. The summed E-state index contributed by atoms with van der Waals surface area (Å²) >= 11 is 14.3. The van der Waals surface area contributed by atoms with E-state index >= 15 is 0 Å². The molecule has 0 saturated carbocycles. The van der Waals surface area contributed by atoms with Crippen LogP contribution in [0.2, 0.25) is 10.0 Å². The average molecular weight is 746 g/mol. The number of halogens is 2. The van der Waals surface area contributed by atoms with Crippen LogP contribution in [0.15, 0.2) is 60.8 Å². The lowest BCUT2D eigenvalue weighted by Crippen LogP contribution is -2.44. The Balaban J connectivity index is 1.17. The monoisotopic (exact) mass is 744 g/mol. The molecule has 2 aromatic carbocycles. The van der Waals surface area contributed by atoms with Crippen LogP contribution in [0.25, 0.3) is 33.6 Å². The predicted molar refractivity (Wildman–Crippen MR) is 215 cm³/mol. The van der Waals surface area contributed by atoms with Crippen molar-refractivity contribution in [1.29, 1.82) is 0 Å². The fourth-order valence-corrected chi connectivity index (χ4v) is 8.16. The first kappa shape index (κ1) is 38.5. The number of piperidine rings is 2. The number of aromatic nitrogens is 2. The first-order chi connectivity index (χ1) is 25.2. The van der Waals surface area contributed by atoms with Gasteiger partial charge in [-0.25, -0.2) is 4.98 Å². The third-order valence-electron chi connectivity index (χ3n) is 10.8. The van der Waals surface area contributed by atoms with Crippen LogP contribution in [0.1, 0.15) is 64.5 Å². The van der Waals surface area contributed by atoms with Crippen molar-refractivity contribution >= 4 is 23.2 Å². The van der Waals surface area contributed by atoms with E-state index in [1.54, 1.807) is 20.4 Å². The molecule has 4 aromatic rings. The van der Waals surface area contributed by atoms with Gasteiger partial charge in [-0.05, 0) is 97.8 Å². The second-order valence-electron chi connectivity index (χ2n) is 14.6. The largest absolute Gasteiger partial charge is 0.496 e. The van der Waals surface area contributed by atoms with Gasteiger partial charge in [-0.2, -0.15) is 0 Å². The van der Waals surface area contributed by atoms with Gasteiger partial charge < -0.3 is 29.9 Å². The number of hydrogen-bond acceptors (Lipinski definition) is 8. The van der Waals surface area contributed by atoms with Crippen LogP contribution in [-0.4, -0.2) is 84.3 Å². The van der Waals surface area contributed by atoms with Crippen LogP contribution >= 0.6 is 23.2 Å². The summed E-state index contributed by atoms with van der Waals surface area (Å²) < 4.78 is 11.6. The fourth-order valence-electron chi connectivity index (χ4n) is 7.51. The molecule has 0 amide bonds. The minimum absolute atomic E-state index is 0.486. The molecule has 0 unspecified atom stereocenters. The molecule has 2 aromatic heterocycles. The lowest BCUT2D eigenvalue weighted by molar-refractivity contribution is 0.160. The van der Waals surface area contributed by atoms with E-state index in [0.29, 0.717) is 52.3 Å². The average Bonchev–Trinajstić information content (AvgIpc) is 3.17. The second kappa shape index (κ2) is 17.7. The molecule has 0 atom stereocenters. The Bertz CT molecular complexity index is 1670. The molecule has 2 aliphatic rings. The Hall–Kier alpha value is -3.24. The molecule has 6 rings (SSSR count). The number of nitrogens with zero attached hydrogens (tertiary/aromatic N) is 4. The van der Waals surface area contributed by atoms with E-state index < -0.39 is 0 Å². The van der Waals surface area contributed by atoms with Gasteiger partial charge in [0.1, 0.15) is 5.75 Å². The Morgan fingerprint density at radius 3 is 1.88 bits per heavy atom. The number of likely N-dealkylation sites (tertiary alicyclic amines) is 2. The highest BCUT2D eigenvalue weighted by molar-refractivity contribution is 6.39. The van der Waals surface area contributed by atoms with Gasteiger partial charge in [0.25, 0.3) is 0 Å². The van der Waals surface area contributed by atoms with Crippen LogP contribution in [0.5, 0.6) is 11.6 Å². The van der Waals surface area contributed by atoms with Gasteiger partial charge in [0.15, 0.2) is 0 Å². The third kappa shape index (κ3) is 8.92. The van der Waals surface area contributed by atoms with E-state index in [1.165, 1.54) is 0 Å². The zero-order chi connectivity index (χ0) is 36.8. The maximum atomic E-state index is 7.16. The molecular formula is C42H54Cl2N6O2. The minimum Gasteiger partial charge on any atom is -0.496 e. The van der Waals surface area contributed by atoms with Crippen molar-refractivity contribution in [3.63, 3.8) is 0 Å². The fraction of sp³-hybridized carbons (Fsp3) is 0.476. The van der Waals surface area contributed by atoms with Crippen LogP contribution in [0.3, 0.4) is 0 Å². The normalized spacial score (nSPS) is 16.6. The number of rotatable bonds is 13. The molecule has 10 heteroatoms. The number of benzene rings is 2. The van der Waals surface area contributed by atoms with Crippen LogP contribution in [0.4, 0.5) is 0 Å². The highest BCUT2D eigenvalue weighted by atomic mass is 35.5. The zero-order valence-corrected chi connectivity index (χ0v) is 33.0. The van der Waals surface area contributed by atoms with Gasteiger partial charge >= 0.3 is 0 Å². The summed E-state index contributed by atoms with van der Waals surface area (Å²) in [5, 5.41) is 8.57. The summed E-state index contributed by atoms with van der Waals surface area (Å²) in [6, 6.07) is 20.3. The Labute approximate surface area is 320 Å². The third-order valence-corrected chi connectivity index (χ3v) is 11.6. The number of hydrogen-bond donors (Lipinski definition) is 2. The summed E-state index contributed by atoms with van der Waals surface area (Å²) in [6.45, 7) is 15.0. The molecule has 8 nitrogen and oxygen atoms in total. The molecule has 0 bridgehead atoms. The van der Waals surface area contributed by atoms with Crippen molar-refractivity contribution in [3.8, 4) is 45.3 Å². The predicted octanol–water partition coefficient (Wildman–Crippen LogP) is 8.73. The second-order valence-corrected chi connectivity index (χ2v) is 15.4. The van der Waals surface area contributed by atoms with Gasteiger partial charge in [0.05, 0.1) is 35.7 Å². The van der Waals surface area contributed by atoms with E-state index in [2.05, 4.69) is 66.3 Å². The number of pyridine rings is 2. The summed E-state index contributed by atoms with van der Waals surface area (Å²) in [5.41, 5.74) is 6.84. The lowest BCUT2D eigenvalue weighted by atomic mass is 9.99. The first-order valence-corrected chi connectivity index (χ1v) is 19.5. The molecule has 2 aliphatic heterocycles. The summed E-state index contributed by atoms with van der Waals surface area (Å²) in [5.74, 6) is 1.41. The van der Waals surface area contributed by atoms with Gasteiger partial charge in [0, 0.05) is 76.8 Å². The van der Waals surface area contributed by atoms with E-state index in [4.69, 9.17) is 42.6 Å². The quantitative estimate of drug-likeness (QED) is 0.141.